The molecule has 280 valence electrons. The second kappa shape index (κ2) is 15.4. The van der Waals surface area contributed by atoms with E-state index in [-0.39, 0.29) is 7.43 Å². The van der Waals surface area contributed by atoms with Crippen molar-refractivity contribution in [2.75, 3.05) is 0 Å². The molecule has 10 rings (SSSR count). The van der Waals surface area contributed by atoms with Crippen LogP contribution < -0.4 is 0 Å². The van der Waals surface area contributed by atoms with Crippen LogP contribution >= 0.6 is 0 Å². The van der Waals surface area contributed by atoms with Crippen molar-refractivity contribution in [2.24, 2.45) is 0 Å². The molecule has 0 unspecified atom stereocenters. The number of fused-ring (bicyclic) bond motifs is 9. The van der Waals surface area contributed by atoms with Crippen LogP contribution in [-0.4, -0.2) is 9.13 Å². The molecule has 3 heterocycles. The van der Waals surface area contributed by atoms with E-state index >= 15 is 0 Å². The average molecular weight is 741 g/mol. The summed E-state index contributed by atoms with van der Waals surface area (Å²) in [6.07, 6.45) is 8.42. The van der Waals surface area contributed by atoms with Gasteiger partial charge in [-0.15, -0.1) is 19.7 Å². The summed E-state index contributed by atoms with van der Waals surface area (Å²) < 4.78 is 11.2. The van der Waals surface area contributed by atoms with Crippen molar-refractivity contribution in [1.29, 1.82) is 0 Å². The first kappa shape index (κ1) is 37.1. The molecule has 0 radical (unpaired) electrons. The summed E-state index contributed by atoms with van der Waals surface area (Å²) >= 11 is 0. The van der Waals surface area contributed by atoms with E-state index in [9.17, 15) is 0 Å². The molecule has 0 saturated heterocycles. The predicted octanol–water partition coefficient (Wildman–Crippen LogP) is 15.3. The molecule has 3 nitrogen and oxygen atoms in total. The van der Waals surface area contributed by atoms with Gasteiger partial charge in [-0.1, -0.05) is 88.0 Å². The molecular formula is C54H48N2O. The molecule has 3 heteroatoms. The van der Waals surface area contributed by atoms with Gasteiger partial charge < -0.3 is 13.6 Å². The second-order valence-corrected chi connectivity index (χ2v) is 14.3. The van der Waals surface area contributed by atoms with E-state index < -0.39 is 0 Å². The highest BCUT2D eigenvalue weighted by molar-refractivity contribution is 6.13. The van der Waals surface area contributed by atoms with Crippen molar-refractivity contribution in [3.8, 4) is 22.5 Å². The first-order valence-corrected chi connectivity index (χ1v) is 19.6. The fraction of sp³-hybridized carbons (Fsp3) is 0.111. The zero-order valence-corrected chi connectivity index (χ0v) is 32.1. The minimum atomic E-state index is 0. The lowest BCUT2D eigenvalue weighted by Crippen LogP contribution is -1.94. The first-order chi connectivity index (χ1) is 27.6. The maximum atomic E-state index is 6.45. The van der Waals surface area contributed by atoms with Gasteiger partial charge in [-0.05, 0) is 138 Å². The number of benzene rings is 7. The molecule has 57 heavy (non-hydrogen) atoms. The smallest absolute Gasteiger partial charge is 0.135 e. The Morgan fingerprint density at radius 1 is 0.421 bits per heavy atom. The average Bonchev–Trinajstić information content (AvgIpc) is 3.88. The van der Waals surface area contributed by atoms with Crippen molar-refractivity contribution in [2.45, 2.75) is 40.5 Å². The minimum Gasteiger partial charge on any atom is -0.456 e. The Balaban J connectivity index is 0.00000149. The van der Waals surface area contributed by atoms with Crippen LogP contribution in [-0.2, 0) is 19.3 Å². The maximum absolute atomic E-state index is 6.45. The van der Waals surface area contributed by atoms with Gasteiger partial charge in [0.1, 0.15) is 11.2 Å². The molecule has 0 aliphatic rings. The summed E-state index contributed by atoms with van der Waals surface area (Å²) in [5, 5.41) is 7.17. The molecule has 0 amide bonds. The summed E-state index contributed by atoms with van der Waals surface area (Å²) in [6.45, 7) is 16.0. The van der Waals surface area contributed by atoms with Crippen LogP contribution in [0.2, 0.25) is 0 Å². The minimum absolute atomic E-state index is 0. The van der Waals surface area contributed by atoms with E-state index in [0.717, 1.165) is 58.1 Å². The van der Waals surface area contributed by atoms with Crippen LogP contribution in [0, 0.1) is 0 Å². The lowest BCUT2D eigenvalue weighted by Gasteiger charge is -2.09. The Labute approximate surface area is 335 Å². The largest absolute Gasteiger partial charge is 0.456 e. The highest BCUT2D eigenvalue weighted by Gasteiger charge is 2.18. The molecular weight excluding hydrogens is 693 g/mol. The number of allylic oxidation sites excluding steroid dienone is 3. The Morgan fingerprint density at radius 2 is 0.825 bits per heavy atom. The predicted molar refractivity (Wildman–Crippen MR) is 248 cm³/mol. The van der Waals surface area contributed by atoms with Gasteiger partial charge in [0.2, 0.25) is 0 Å². The highest BCUT2D eigenvalue weighted by atomic mass is 16.3. The van der Waals surface area contributed by atoms with Crippen LogP contribution in [0.1, 0.15) is 38.0 Å². The molecule has 0 saturated carbocycles. The van der Waals surface area contributed by atoms with E-state index in [1.165, 1.54) is 65.9 Å². The lowest BCUT2D eigenvalue weighted by atomic mass is 10.00. The fourth-order valence-corrected chi connectivity index (χ4v) is 8.47. The summed E-state index contributed by atoms with van der Waals surface area (Å²) in [6, 6.07) is 51.0. The highest BCUT2D eigenvalue weighted by Crippen LogP contribution is 2.40. The molecule has 0 aliphatic heterocycles. The Kier molecular flexibility index (Phi) is 10.00. The number of para-hydroxylation sites is 1. The molecule has 10 aromatic rings. The van der Waals surface area contributed by atoms with Crippen molar-refractivity contribution in [3.63, 3.8) is 0 Å². The number of hydrogen-bond donors (Lipinski definition) is 0. The molecule has 7 aromatic carbocycles. The monoisotopic (exact) mass is 740 g/mol. The summed E-state index contributed by atoms with van der Waals surface area (Å²) in [5.74, 6) is 0. The summed E-state index contributed by atoms with van der Waals surface area (Å²) in [7, 11) is 0. The Hall–Kier alpha value is -6.84. The molecule has 0 bridgehead atoms. The summed E-state index contributed by atoms with van der Waals surface area (Å²) in [4.78, 5) is 0. The van der Waals surface area contributed by atoms with Crippen LogP contribution in [0.4, 0.5) is 0 Å². The number of furan rings is 1. The van der Waals surface area contributed by atoms with Crippen molar-refractivity contribution in [1.82, 2.24) is 9.13 Å². The molecule has 0 aliphatic carbocycles. The van der Waals surface area contributed by atoms with Crippen LogP contribution in [0.15, 0.2) is 182 Å². The molecule has 0 fully saturated rings. The quantitative estimate of drug-likeness (QED) is 0.135. The molecule has 3 aromatic heterocycles. The fourth-order valence-electron chi connectivity index (χ4n) is 8.47. The van der Waals surface area contributed by atoms with Gasteiger partial charge in [-0.3, -0.25) is 0 Å². The molecule has 0 N–H and O–H groups in total. The van der Waals surface area contributed by atoms with E-state index in [2.05, 4.69) is 168 Å². The van der Waals surface area contributed by atoms with Crippen LogP contribution in [0.25, 0.3) is 88.1 Å². The third kappa shape index (κ3) is 6.26. The Morgan fingerprint density at radius 3 is 1.33 bits per heavy atom. The van der Waals surface area contributed by atoms with Crippen molar-refractivity contribution in [3.05, 3.63) is 194 Å². The number of hydrogen-bond acceptors (Lipinski definition) is 1. The van der Waals surface area contributed by atoms with Gasteiger partial charge >= 0.3 is 0 Å². The third-order valence-corrected chi connectivity index (χ3v) is 10.9. The van der Waals surface area contributed by atoms with Gasteiger partial charge in [0.05, 0.1) is 22.1 Å². The van der Waals surface area contributed by atoms with Gasteiger partial charge in [0.15, 0.2) is 0 Å². The van der Waals surface area contributed by atoms with Gasteiger partial charge in [0, 0.05) is 43.7 Å². The van der Waals surface area contributed by atoms with Crippen molar-refractivity contribution < 1.29 is 4.42 Å². The number of nitrogens with zero attached hydrogens (tertiary/aromatic N) is 2. The normalized spacial score (nSPS) is 11.3. The van der Waals surface area contributed by atoms with E-state index in [1.54, 1.807) is 0 Å². The lowest BCUT2D eigenvalue weighted by molar-refractivity contribution is 0.669. The van der Waals surface area contributed by atoms with E-state index in [1.807, 2.05) is 32.1 Å². The zero-order chi connectivity index (χ0) is 38.3. The van der Waals surface area contributed by atoms with Gasteiger partial charge in [0.25, 0.3) is 0 Å². The Bertz CT molecular complexity index is 3060. The SMILES string of the molecule is C.C=CCc1ccc2c(c1)c1cc(CC=C)ccc1n2-c1ccc2oc3ccc(-c4ccc5c(c4)c4cc(CC=C)ccc4n5-c4ccccc4)cc3c2c1.CC. The zero-order valence-electron chi connectivity index (χ0n) is 32.1. The van der Waals surface area contributed by atoms with Crippen LogP contribution in [0.3, 0.4) is 0 Å². The van der Waals surface area contributed by atoms with E-state index in [0.29, 0.717) is 0 Å². The molecule has 0 spiro atoms. The number of rotatable bonds is 9. The topological polar surface area (TPSA) is 23.0 Å². The summed E-state index contributed by atoms with van der Waals surface area (Å²) in [5.41, 5.74) is 14.9. The van der Waals surface area contributed by atoms with Crippen molar-refractivity contribution >= 4 is 65.6 Å². The van der Waals surface area contributed by atoms with E-state index in [4.69, 9.17) is 4.42 Å². The van der Waals surface area contributed by atoms with Crippen LogP contribution in [0.5, 0.6) is 0 Å². The van der Waals surface area contributed by atoms with Gasteiger partial charge in [-0.25, -0.2) is 0 Å². The first-order valence-electron chi connectivity index (χ1n) is 19.6. The number of aromatic nitrogens is 2. The van der Waals surface area contributed by atoms with Gasteiger partial charge in [-0.2, -0.15) is 0 Å². The standard InChI is InChI=1S/C51H38N2O.C2H6.CH4/c1-4-10-33-16-22-47-40(27-33)41-28-34(11-5-2)17-23-48(41)53(47)39-20-26-51-45(32-39)44-31-37(19-25-50(44)54-51)36-18-24-49-43(30-36)42-29-35(12-6-3)15-21-46(42)52(49)38-13-8-7-9-14-38;1-2;/h4-9,13-32H,1-3,10-12H2;1-2H3;1H4. The second-order valence-electron chi connectivity index (χ2n) is 14.3. The third-order valence-electron chi connectivity index (χ3n) is 10.9. The maximum Gasteiger partial charge on any atom is 0.135 e. The molecule has 0 atom stereocenters.